The molecule has 0 aromatic heterocycles. The molecule has 0 aliphatic carbocycles. The van der Waals surface area contributed by atoms with Gasteiger partial charge in [-0.2, -0.15) is 0 Å². The van der Waals surface area contributed by atoms with E-state index in [1.807, 2.05) is 6.92 Å². The van der Waals surface area contributed by atoms with E-state index in [9.17, 15) is 0 Å². The number of hydrogen-bond donors (Lipinski definition) is 0. The summed E-state index contributed by atoms with van der Waals surface area (Å²) in [6, 6.07) is 2.08. The molecule has 0 amide bonds. The molecule has 1 aromatic rings. The van der Waals surface area contributed by atoms with Gasteiger partial charge in [-0.1, -0.05) is 15.9 Å². The molecule has 1 heterocycles. The first-order valence-electron chi connectivity index (χ1n) is 6.55. The van der Waals surface area contributed by atoms with E-state index in [0.717, 1.165) is 39.9 Å². The number of rotatable bonds is 3. The fraction of sp³-hybridized carbons (Fsp3) is 0.600. The number of benzene rings is 1. The molecule has 1 aliphatic heterocycles. The van der Waals surface area contributed by atoms with Crippen molar-refractivity contribution in [3.63, 3.8) is 0 Å². The summed E-state index contributed by atoms with van der Waals surface area (Å²) >= 11 is 10.3. The molecule has 1 aliphatic rings. The maximum absolute atomic E-state index is 6.73. The molecule has 1 aromatic carbocycles. The van der Waals surface area contributed by atoms with Crippen LogP contribution in [-0.2, 0) is 4.74 Å². The third kappa shape index (κ3) is 2.93. The summed E-state index contributed by atoms with van der Waals surface area (Å²) in [5.41, 5.74) is 3.35. The maximum atomic E-state index is 6.73. The first kappa shape index (κ1) is 15.1. The van der Waals surface area contributed by atoms with Crippen LogP contribution in [0, 0.1) is 19.8 Å². The zero-order chi connectivity index (χ0) is 14.2. The Morgan fingerprint density at radius 3 is 2.68 bits per heavy atom. The van der Waals surface area contributed by atoms with Crippen LogP contribution in [0.3, 0.4) is 0 Å². The highest BCUT2D eigenvalue weighted by atomic mass is 79.9. The van der Waals surface area contributed by atoms with Gasteiger partial charge in [0, 0.05) is 16.0 Å². The SMILES string of the molecule is COc1c(C)cc(Br)c(C)c1C(Cl)C1COC(C)C1. The summed E-state index contributed by atoms with van der Waals surface area (Å²) in [5, 5.41) is -0.0731. The molecule has 3 unspecified atom stereocenters. The Morgan fingerprint density at radius 1 is 1.47 bits per heavy atom. The van der Waals surface area contributed by atoms with Gasteiger partial charge >= 0.3 is 0 Å². The van der Waals surface area contributed by atoms with Crippen molar-refractivity contribution in [2.75, 3.05) is 13.7 Å². The minimum absolute atomic E-state index is 0.0731. The van der Waals surface area contributed by atoms with Crippen molar-refractivity contribution >= 4 is 27.5 Å². The molecule has 0 N–H and O–H groups in total. The average Bonchev–Trinajstić information content (AvgIpc) is 2.79. The first-order valence-corrected chi connectivity index (χ1v) is 7.77. The lowest BCUT2D eigenvalue weighted by Crippen LogP contribution is -2.12. The molecule has 0 bridgehead atoms. The summed E-state index contributed by atoms with van der Waals surface area (Å²) in [4.78, 5) is 0. The van der Waals surface area contributed by atoms with Gasteiger partial charge in [-0.3, -0.25) is 0 Å². The molecule has 0 spiro atoms. The molecule has 4 heteroatoms. The van der Waals surface area contributed by atoms with E-state index in [1.54, 1.807) is 7.11 Å². The lowest BCUT2D eigenvalue weighted by atomic mass is 9.91. The Bertz CT molecular complexity index is 476. The monoisotopic (exact) mass is 346 g/mol. The molecule has 3 atom stereocenters. The second-order valence-electron chi connectivity index (χ2n) is 5.29. The summed E-state index contributed by atoms with van der Waals surface area (Å²) in [5.74, 6) is 1.25. The Balaban J connectivity index is 2.42. The van der Waals surface area contributed by atoms with Crippen LogP contribution in [0.2, 0.25) is 0 Å². The summed E-state index contributed by atoms with van der Waals surface area (Å²) in [7, 11) is 1.70. The van der Waals surface area contributed by atoms with E-state index < -0.39 is 0 Å². The highest BCUT2D eigenvalue weighted by Gasteiger charge is 2.32. The van der Waals surface area contributed by atoms with Crippen molar-refractivity contribution in [2.24, 2.45) is 5.92 Å². The zero-order valence-electron chi connectivity index (χ0n) is 11.8. The first-order chi connectivity index (χ1) is 8.95. The molecule has 2 rings (SSSR count). The van der Waals surface area contributed by atoms with Crippen LogP contribution < -0.4 is 4.74 Å². The third-order valence-corrected chi connectivity index (χ3v) is 5.23. The predicted octanol–water partition coefficient (Wildman–Crippen LogP) is 4.78. The molecule has 1 fully saturated rings. The van der Waals surface area contributed by atoms with E-state index in [4.69, 9.17) is 21.1 Å². The highest BCUT2D eigenvalue weighted by molar-refractivity contribution is 9.10. The van der Waals surface area contributed by atoms with E-state index in [-0.39, 0.29) is 5.38 Å². The number of ether oxygens (including phenoxy) is 2. The predicted molar refractivity (Wildman–Crippen MR) is 82.3 cm³/mol. The number of methoxy groups -OCH3 is 1. The number of hydrogen-bond acceptors (Lipinski definition) is 2. The van der Waals surface area contributed by atoms with E-state index >= 15 is 0 Å². The quantitative estimate of drug-likeness (QED) is 0.733. The summed E-state index contributed by atoms with van der Waals surface area (Å²) < 4.78 is 12.3. The minimum atomic E-state index is -0.0731. The van der Waals surface area contributed by atoms with Crippen molar-refractivity contribution in [2.45, 2.75) is 38.7 Å². The zero-order valence-corrected chi connectivity index (χ0v) is 14.1. The van der Waals surface area contributed by atoms with Crippen LogP contribution >= 0.6 is 27.5 Å². The summed E-state index contributed by atoms with van der Waals surface area (Å²) in [6.07, 6.45) is 1.30. The van der Waals surface area contributed by atoms with Gasteiger partial charge in [0.2, 0.25) is 0 Å². The van der Waals surface area contributed by atoms with Crippen molar-refractivity contribution in [3.05, 3.63) is 27.2 Å². The fourth-order valence-electron chi connectivity index (χ4n) is 2.77. The fourth-order valence-corrected chi connectivity index (χ4v) is 3.76. The molecule has 106 valence electrons. The second-order valence-corrected chi connectivity index (χ2v) is 6.61. The van der Waals surface area contributed by atoms with Gasteiger partial charge < -0.3 is 9.47 Å². The number of halogens is 2. The lowest BCUT2D eigenvalue weighted by Gasteiger charge is -2.23. The van der Waals surface area contributed by atoms with E-state index in [1.165, 1.54) is 0 Å². The average molecular weight is 348 g/mol. The Kier molecular flexibility index (Phi) is 4.80. The number of aryl methyl sites for hydroxylation is 1. The van der Waals surface area contributed by atoms with Crippen molar-refractivity contribution in [1.29, 1.82) is 0 Å². The number of alkyl halides is 1. The van der Waals surface area contributed by atoms with Crippen LogP contribution in [-0.4, -0.2) is 19.8 Å². The standard InChI is InChI=1S/C15H20BrClO2/c1-8-5-12(16)10(3)13(15(8)18-4)14(17)11-6-9(2)19-7-11/h5,9,11,14H,6-7H2,1-4H3. The van der Waals surface area contributed by atoms with Gasteiger partial charge in [-0.25, -0.2) is 0 Å². The van der Waals surface area contributed by atoms with Gasteiger partial charge in [0.05, 0.1) is 25.2 Å². The summed E-state index contributed by atoms with van der Waals surface area (Å²) in [6.45, 7) is 6.95. The van der Waals surface area contributed by atoms with Crippen molar-refractivity contribution in [3.8, 4) is 5.75 Å². The lowest BCUT2D eigenvalue weighted by molar-refractivity contribution is 0.119. The second kappa shape index (κ2) is 6.02. The normalized spacial score (nSPS) is 24.5. The van der Waals surface area contributed by atoms with Gasteiger partial charge in [-0.15, -0.1) is 11.6 Å². The van der Waals surface area contributed by atoms with Crippen LogP contribution in [0.25, 0.3) is 0 Å². The van der Waals surface area contributed by atoms with Crippen LogP contribution in [0.5, 0.6) is 5.75 Å². The van der Waals surface area contributed by atoms with Crippen LogP contribution in [0.15, 0.2) is 10.5 Å². The van der Waals surface area contributed by atoms with Crippen LogP contribution in [0.1, 0.15) is 35.4 Å². The topological polar surface area (TPSA) is 18.5 Å². The van der Waals surface area contributed by atoms with Gasteiger partial charge in [0.15, 0.2) is 0 Å². The Labute approximate surface area is 128 Å². The maximum Gasteiger partial charge on any atom is 0.126 e. The van der Waals surface area contributed by atoms with Crippen LogP contribution in [0.4, 0.5) is 0 Å². The molecule has 0 saturated carbocycles. The Hall–Kier alpha value is -0.250. The molecular formula is C15H20BrClO2. The minimum Gasteiger partial charge on any atom is -0.496 e. The van der Waals surface area contributed by atoms with Crippen molar-refractivity contribution in [1.82, 2.24) is 0 Å². The van der Waals surface area contributed by atoms with Gasteiger partial charge in [0.25, 0.3) is 0 Å². The van der Waals surface area contributed by atoms with E-state index in [0.29, 0.717) is 12.0 Å². The van der Waals surface area contributed by atoms with Gasteiger partial charge in [0.1, 0.15) is 5.75 Å². The van der Waals surface area contributed by atoms with E-state index in [2.05, 4.69) is 35.8 Å². The molecular weight excluding hydrogens is 328 g/mol. The van der Waals surface area contributed by atoms with Crippen molar-refractivity contribution < 1.29 is 9.47 Å². The molecule has 1 saturated heterocycles. The Morgan fingerprint density at radius 2 is 2.16 bits per heavy atom. The largest absolute Gasteiger partial charge is 0.496 e. The molecule has 0 radical (unpaired) electrons. The molecule has 19 heavy (non-hydrogen) atoms. The van der Waals surface area contributed by atoms with Gasteiger partial charge in [-0.05, 0) is 44.4 Å². The third-order valence-electron chi connectivity index (χ3n) is 3.83. The molecule has 2 nitrogen and oxygen atoms in total. The smallest absolute Gasteiger partial charge is 0.126 e. The highest BCUT2D eigenvalue weighted by Crippen LogP contribution is 2.44.